The number of hydrazine groups is 1. The first-order chi connectivity index (χ1) is 13.3. The van der Waals surface area contributed by atoms with Crippen molar-refractivity contribution in [3.8, 4) is 0 Å². The van der Waals surface area contributed by atoms with Crippen molar-refractivity contribution in [2.24, 2.45) is 0 Å². The molecule has 0 aliphatic rings. The Hall–Kier alpha value is -1.78. The number of hydrogen-bond donors (Lipinski definition) is 2. The Kier molecular flexibility index (Phi) is 16.2. The predicted octanol–water partition coefficient (Wildman–Crippen LogP) is 6.36. The highest BCUT2D eigenvalue weighted by Gasteiger charge is 2.16. The molecular weight excluding hydrogens is 352 g/mol. The third kappa shape index (κ3) is 20.5. The van der Waals surface area contributed by atoms with Gasteiger partial charge < -0.3 is 4.74 Å². The first kappa shape index (κ1) is 26.2. The zero-order valence-corrected chi connectivity index (χ0v) is 18.5. The summed E-state index contributed by atoms with van der Waals surface area (Å²) in [6.07, 6.45) is 21.5. The van der Waals surface area contributed by atoms with E-state index >= 15 is 0 Å². The molecule has 0 aliphatic heterocycles. The molecule has 5 nitrogen and oxygen atoms in total. The Balaban J connectivity index is 3.44. The van der Waals surface area contributed by atoms with Crippen molar-refractivity contribution in [1.29, 1.82) is 0 Å². The van der Waals surface area contributed by atoms with Gasteiger partial charge in [-0.25, -0.2) is 10.2 Å². The van der Waals surface area contributed by atoms with Crippen molar-refractivity contribution in [1.82, 2.24) is 10.9 Å². The second-order valence-corrected chi connectivity index (χ2v) is 8.16. The van der Waals surface area contributed by atoms with Gasteiger partial charge in [0.05, 0.1) is 0 Å². The molecule has 0 aromatic rings. The molecule has 2 N–H and O–H groups in total. The standard InChI is InChI=1S/C23H42N2O3/c1-5-6-7-8-9-10-11-12-13-14-15-16-17-18-19-20-21(26)24-25-22(27)28-23(2,3)4/h9-10,12-13H,5-8,11,14-20H2,1-4H3,(H,24,26)(H,25,27)/b10-9-,13-12-. The van der Waals surface area contributed by atoms with E-state index in [2.05, 4.69) is 42.1 Å². The van der Waals surface area contributed by atoms with E-state index in [9.17, 15) is 9.59 Å². The molecule has 0 bridgehead atoms. The average Bonchev–Trinajstić information content (AvgIpc) is 2.62. The molecule has 2 amide bonds. The van der Waals surface area contributed by atoms with E-state index in [1.807, 2.05) is 0 Å². The molecule has 0 aromatic carbocycles. The predicted molar refractivity (Wildman–Crippen MR) is 117 cm³/mol. The maximum Gasteiger partial charge on any atom is 0.426 e. The van der Waals surface area contributed by atoms with Gasteiger partial charge in [0.25, 0.3) is 0 Å². The fourth-order valence-electron chi connectivity index (χ4n) is 2.58. The molecule has 5 heteroatoms. The van der Waals surface area contributed by atoms with Crippen LogP contribution in [0.5, 0.6) is 0 Å². The maximum atomic E-state index is 11.7. The van der Waals surface area contributed by atoms with E-state index in [0.717, 1.165) is 32.1 Å². The summed E-state index contributed by atoms with van der Waals surface area (Å²) in [6, 6.07) is 0. The van der Waals surface area contributed by atoms with E-state index in [0.29, 0.717) is 6.42 Å². The Morgan fingerprint density at radius 3 is 1.96 bits per heavy atom. The van der Waals surface area contributed by atoms with Gasteiger partial charge >= 0.3 is 6.09 Å². The van der Waals surface area contributed by atoms with Gasteiger partial charge in [-0.05, 0) is 59.3 Å². The Morgan fingerprint density at radius 1 is 0.786 bits per heavy atom. The highest BCUT2D eigenvalue weighted by Crippen LogP contribution is 2.08. The minimum atomic E-state index is -0.638. The number of allylic oxidation sites excluding steroid dienone is 4. The Morgan fingerprint density at radius 2 is 1.36 bits per heavy atom. The third-order valence-corrected chi connectivity index (χ3v) is 4.06. The largest absolute Gasteiger partial charge is 0.443 e. The molecule has 28 heavy (non-hydrogen) atoms. The quantitative estimate of drug-likeness (QED) is 0.205. The maximum absolute atomic E-state index is 11.7. The van der Waals surface area contributed by atoms with Crippen molar-refractivity contribution in [2.45, 2.75) is 110 Å². The summed E-state index contributed by atoms with van der Waals surface area (Å²) in [6.45, 7) is 7.56. The van der Waals surface area contributed by atoms with Crippen molar-refractivity contribution in [3.05, 3.63) is 24.3 Å². The molecule has 0 atom stereocenters. The number of ether oxygens (including phenoxy) is 1. The molecule has 0 saturated heterocycles. The van der Waals surface area contributed by atoms with Gasteiger partial charge in [0.15, 0.2) is 0 Å². The zero-order chi connectivity index (χ0) is 21.1. The van der Waals surface area contributed by atoms with Crippen LogP contribution in [0, 0.1) is 0 Å². The van der Waals surface area contributed by atoms with Crippen LogP contribution in [0.3, 0.4) is 0 Å². The van der Waals surface area contributed by atoms with Gasteiger partial charge in [-0.15, -0.1) is 0 Å². The molecule has 0 spiro atoms. The van der Waals surface area contributed by atoms with E-state index in [1.54, 1.807) is 20.8 Å². The molecule has 0 aliphatic carbocycles. The van der Waals surface area contributed by atoms with Crippen molar-refractivity contribution in [3.63, 3.8) is 0 Å². The smallest absolute Gasteiger partial charge is 0.426 e. The van der Waals surface area contributed by atoms with Crippen LogP contribution in [0.2, 0.25) is 0 Å². The lowest BCUT2D eigenvalue weighted by Crippen LogP contribution is -2.44. The lowest BCUT2D eigenvalue weighted by molar-refractivity contribution is -0.122. The highest BCUT2D eigenvalue weighted by atomic mass is 16.6. The number of hydrogen-bond acceptors (Lipinski definition) is 3. The highest BCUT2D eigenvalue weighted by molar-refractivity contribution is 5.79. The second-order valence-electron chi connectivity index (χ2n) is 8.16. The van der Waals surface area contributed by atoms with Crippen LogP contribution in [-0.2, 0) is 9.53 Å². The van der Waals surface area contributed by atoms with Crippen LogP contribution in [0.4, 0.5) is 4.79 Å². The summed E-state index contributed by atoms with van der Waals surface area (Å²) < 4.78 is 5.05. The molecule has 0 saturated carbocycles. The van der Waals surface area contributed by atoms with Crippen LogP contribution in [0.15, 0.2) is 24.3 Å². The first-order valence-corrected chi connectivity index (χ1v) is 10.9. The Bertz CT molecular complexity index is 465. The van der Waals surface area contributed by atoms with Crippen molar-refractivity contribution < 1.29 is 14.3 Å². The lowest BCUT2D eigenvalue weighted by atomic mass is 10.1. The summed E-state index contributed by atoms with van der Waals surface area (Å²) in [4.78, 5) is 23.1. The molecule has 0 unspecified atom stereocenters. The molecule has 0 heterocycles. The molecule has 162 valence electrons. The van der Waals surface area contributed by atoms with E-state index in [4.69, 9.17) is 4.74 Å². The van der Waals surface area contributed by atoms with E-state index < -0.39 is 11.7 Å². The molecule has 0 radical (unpaired) electrons. The number of carbonyl (C=O) groups is 2. The van der Waals surface area contributed by atoms with E-state index in [1.165, 1.54) is 38.5 Å². The summed E-state index contributed by atoms with van der Waals surface area (Å²) in [5, 5.41) is 0. The van der Waals surface area contributed by atoms with Gasteiger partial charge in [-0.3, -0.25) is 10.2 Å². The molecule has 0 aromatic heterocycles. The minimum Gasteiger partial charge on any atom is -0.443 e. The number of rotatable bonds is 14. The summed E-state index contributed by atoms with van der Waals surface area (Å²) in [7, 11) is 0. The number of carbonyl (C=O) groups excluding carboxylic acids is 2. The monoisotopic (exact) mass is 394 g/mol. The van der Waals surface area contributed by atoms with Crippen LogP contribution in [0.25, 0.3) is 0 Å². The zero-order valence-electron chi connectivity index (χ0n) is 18.5. The Labute approximate surface area is 172 Å². The summed E-state index contributed by atoms with van der Waals surface area (Å²) >= 11 is 0. The van der Waals surface area contributed by atoms with E-state index in [-0.39, 0.29) is 5.91 Å². The van der Waals surface area contributed by atoms with Gasteiger partial charge in [-0.2, -0.15) is 0 Å². The first-order valence-electron chi connectivity index (χ1n) is 10.9. The topological polar surface area (TPSA) is 67.4 Å². The van der Waals surface area contributed by atoms with Crippen LogP contribution in [-0.4, -0.2) is 17.6 Å². The summed E-state index contributed by atoms with van der Waals surface area (Å²) in [5.41, 5.74) is 4.07. The van der Waals surface area contributed by atoms with Gasteiger partial charge in [0.1, 0.15) is 5.60 Å². The van der Waals surface area contributed by atoms with Gasteiger partial charge in [0.2, 0.25) is 5.91 Å². The van der Waals surface area contributed by atoms with Gasteiger partial charge in [0, 0.05) is 6.42 Å². The normalized spacial score (nSPS) is 11.9. The van der Waals surface area contributed by atoms with Crippen LogP contribution < -0.4 is 10.9 Å². The SMILES string of the molecule is CCCCC/C=C\C/C=C\CCCCCCCC(=O)NNC(=O)OC(C)(C)C. The van der Waals surface area contributed by atoms with Gasteiger partial charge in [-0.1, -0.05) is 63.3 Å². The molecular formula is C23H42N2O3. The number of unbranched alkanes of at least 4 members (excludes halogenated alkanes) is 8. The van der Waals surface area contributed by atoms with Crippen LogP contribution >= 0.6 is 0 Å². The van der Waals surface area contributed by atoms with Crippen LogP contribution in [0.1, 0.15) is 105 Å². The van der Waals surface area contributed by atoms with Crippen molar-refractivity contribution >= 4 is 12.0 Å². The minimum absolute atomic E-state index is 0.184. The lowest BCUT2D eigenvalue weighted by Gasteiger charge is -2.19. The number of nitrogens with one attached hydrogen (secondary N) is 2. The third-order valence-electron chi connectivity index (χ3n) is 4.06. The number of amides is 2. The summed E-state index contributed by atoms with van der Waals surface area (Å²) in [5.74, 6) is -0.184. The molecule has 0 rings (SSSR count). The van der Waals surface area contributed by atoms with Crippen molar-refractivity contribution in [2.75, 3.05) is 0 Å². The molecule has 0 fully saturated rings. The fraction of sp³-hybridized carbons (Fsp3) is 0.739. The fourth-order valence-corrected chi connectivity index (χ4v) is 2.58. The second kappa shape index (κ2) is 17.3. The average molecular weight is 395 g/mol.